The van der Waals surface area contributed by atoms with E-state index in [1.165, 1.54) is 18.3 Å². The minimum absolute atomic E-state index is 0.101. The number of nitrogens with zero attached hydrogens (tertiary/aromatic N) is 3. The van der Waals surface area contributed by atoms with E-state index >= 15 is 0 Å². The number of hydrogen-bond donors (Lipinski definition) is 0. The standard InChI is InChI=1S/C12H10Cl2FN3/c1-2-18(9-5-3-4-8(15)6-9)11-10(13)7-16-12(14)17-11/h3-7H,2H2,1H3. The number of benzene rings is 1. The second-order valence-corrected chi connectivity index (χ2v) is 4.28. The van der Waals surface area contributed by atoms with Crippen LogP contribution >= 0.6 is 23.2 Å². The van der Waals surface area contributed by atoms with Crippen LogP contribution in [-0.2, 0) is 0 Å². The van der Waals surface area contributed by atoms with Gasteiger partial charge in [-0.2, -0.15) is 4.98 Å². The maximum Gasteiger partial charge on any atom is 0.224 e. The first kappa shape index (κ1) is 13.1. The third kappa shape index (κ3) is 2.71. The van der Waals surface area contributed by atoms with Crippen LogP contribution in [0.4, 0.5) is 15.9 Å². The smallest absolute Gasteiger partial charge is 0.224 e. The van der Waals surface area contributed by atoms with Gasteiger partial charge in [0.1, 0.15) is 10.8 Å². The van der Waals surface area contributed by atoms with Crippen molar-refractivity contribution in [1.82, 2.24) is 9.97 Å². The summed E-state index contributed by atoms with van der Waals surface area (Å²) in [6.45, 7) is 2.49. The zero-order valence-electron chi connectivity index (χ0n) is 9.57. The number of hydrogen-bond acceptors (Lipinski definition) is 3. The van der Waals surface area contributed by atoms with Crippen LogP contribution in [0.15, 0.2) is 30.5 Å². The number of halogens is 3. The fourth-order valence-corrected chi connectivity index (χ4v) is 1.95. The van der Waals surface area contributed by atoms with Crippen molar-refractivity contribution in [2.45, 2.75) is 6.92 Å². The summed E-state index contributed by atoms with van der Waals surface area (Å²) in [6.07, 6.45) is 1.42. The summed E-state index contributed by atoms with van der Waals surface area (Å²) in [5, 5.41) is 0.467. The Morgan fingerprint density at radius 3 is 2.78 bits per heavy atom. The van der Waals surface area contributed by atoms with Crippen LogP contribution in [0.5, 0.6) is 0 Å². The van der Waals surface area contributed by atoms with Crippen molar-refractivity contribution in [3.05, 3.63) is 46.6 Å². The van der Waals surface area contributed by atoms with Gasteiger partial charge >= 0.3 is 0 Å². The van der Waals surface area contributed by atoms with Crippen molar-refractivity contribution in [3.63, 3.8) is 0 Å². The van der Waals surface area contributed by atoms with E-state index in [4.69, 9.17) is 23.2 Å². The molecule has 18 heavy (non-hydrogen) atoms. The molecule has 0 aliphatic heterocycles. The molecule has 0 N–H and O–H groups in total. The Balaban J connectivity index is 2.48. The van der Waals surface area contributed by atoms with E-state index in [1.54, 1.807) is 17.0 Å². The number of anilines is 2. The molecule has 0 saturated heterocycles. The molecule has 0 aliphatic rings. The Kier molecular flexibility index (Phi) is 3.99. The van der Waals surface area contributed by atoms with Gasteiger partial charge in [-0.3, -0.25) is 0 Å². The molecule has 1 aromatic heterocycles. The van der Waals surface area contributed by atoms with Gasteiger partial charge in [0.2, 0.25) is 5.28 Å². The first-order chi connectivity index (χ1) is 8.61. The third-order valence-electron chi connectivity index (χ3n) is 2.39. The molecule has 0 aliphatic carbocycles. The van der Waals surface area contributed by atoms with Crippen molar-refractivity contribution in [1.29, 1.82) is 0 Å². The highest BCUT2D eigenvalue weighted by atomic mass is 35.5. The molecule has 1 heterocycles. The second kappa shape index (κ2) is 5.50. The largest absolute Gasteiger partial charge is 0.325 e. The molecule has 0 fully saturated rings. The molecule has 0 unspecified atom stereocenters. The lowest BCUT2D eigenvalue weighted by molar-refractivity contribution is 0.627. The Morgan fingerprint density at radius 1 is 1.33 bits per heavy atom. The van der Waals surface area contributed by atoms with Crippen LogP contribution in [0.2, 0.25) is 10.3 Å². The van der Waals surface area contributed by atoms with Crippen LogP contribution in [-0.4, -0.2) is 16.5 Å². The van der Waals surface area contributed by atoms with Crippen molar-refractivity contribution in [2.75, 3.05) is 11.4 Å². The van der Waals surface area contributed by atoms with E-state index in [-0.39, 0.29) is 11.1 Å². The van der Waals surface area contributed by atoms with Gasteiger partial charge in [-0.25, -0.2) is 9.37 Å². The number of aromatic nitrogens is 2. The zero-order valence-corrected chi connectivity index (χ0v) is 11.1. The first-order valence-corrected chi connectivity index (χ1v) is 6.08. The summed E-state index contributed by atoms with van der Waals surface area (Å²) in [6, 6.07) is 6.20. The average molecular weight is 286 g/mol. The van der Waals surface area contributed by atoms with E-state index in [1.807, 2.05) is 6.92 Å². The normalized spacial score (nSPS) is 10.4. The summed E-state index contributed by atoms with van der Waals surface area (Å²) in [5.41, 5.74) is 0.661. The SMILES string of the molecule is CCN(c1cccc(F)c1)c1nc(Cl)ncc1Cl. The van der Waals surface area contributed by atoms with Gasteiger partial charge in [0.25, 0.3) is 0 Å². The van der Waals surface area contributed by atoms with Gasteiger partial charge in [-0.1, -0.05) is 17.7 Å². The maximum absolute atomic E-state index is 13.2. The van der Waals surface area contributed by atoms with Gasteiger partial charge < -0.3 is 4.90 Å². The molecule has 0 bridgehead atoms. The third-order valence-corrected chi connectivity index (χ3v) is 2.84. The molecule has 0 radical (unpaired) electrons. The van der Waals surface area contributed by atoms with Crippen molar-refractivity contribution in [3.8, 4) is 0 Å². The molecule has 0 atom stereocenters. The Hall–Kier alpha value is -1.39. The Morgan fingerprint density at radius 2 is 2.11 bits per heavy atom. The molecular weight excluding hydrogens is 276 g/mol. The lowest BCUT2D eigenvalue weighted by Crippen LogP contribution is -2.18. The predicted molar refractivity (Wildman–Crippen MR) is 71.1 cm³/mol. The topological polar surface area (TPSA) is 29.0 Å². The number of rotatable bonds is 3. The second-order valence-electron chi connectivity index (χ2n) is 3.53. The predicted octanol–water partition coefficient (Wildman–Crippen LogP) is 4.08. The van der Waals surface area contributed by atoms with Crippen LogP contribution < -0.4 is 4.90 Å². The van der Waals surface area contributed by atoms with E-state index < -0.39 is 0 Å². The molecule has 2 aromatic rings. The molecule has 3 nitrogen and oxygen atoms in total. The van der Waals surface area contributed by atoms with E-state index in [0.717, 1.165) is 0 Å². The average Bonchev–Trinajstić information content (AvgIpc) is 2.35. The van der Waals surface area contributed by atoms with Crippen molar-refractivity contribution in [2.24, 2.45) is 0 Å². The molecule has 6 heteroatoms. The summed E-state index contributed by atoms with van der Waals surface area (Å²) < 4.78 is 13.2. The molecule has 0 saturated carbocycles. The monoisotopic (exact) mass is 285 g/mol. The van der Waals surface area contributed by atoms with Gasteiger partial charge in [-0.05, 0) is 36.7 Å². The molecule has 2 rings (SSSR count). The highest BCUT2D eigenvalue weighted by molar-refractivity contribution is 6.33. The molecule has 0 spiro atoms. The van der Waals surface area contributed by atoms with Gasteiger partial charge in [0.15, 0.2) is 5.82 Å². The van der Waals surface area contributed by atoms with Gasteiger partial charge in [0.05, 0.1) is 6.20 Å². The van der Waals surface area contributed by atoms with Gasteiger partial charge in [0, 0.05) is 12.2 Å². The summed E-state index contributed by atoms with van der Waals surface area (Å²) in [7, 11) is 0. The summed E-state index contributed by atoms with van der Waals surface area (Å²) >= 11 is 11.8. The fourth-order valence-electron chi connectivity index (χ4n) is 1.63. The van der Waals surface area contributed by atoms with Gasteiger partial charge in [-0.15, -0.1) is 0 Å². The lowest BCUT2D eigenvalue weighted by Gasteiger charge is -2.22. The van der Waals surface area contributed by atoms with Crippen molar-refractivity contribution >= 4 is 34.7 Å². The highest BCUT2D eigenvalue weighted by Crippen LogP contribution is 2.30. The highest BCUT2D eigenvalue weighted by Gasteiger charge is 2.14. The van der Waals surface area contributed by atoms with E-state index in [2.05, 4.69) is 9.97 Å². The van der Waals surface area contributed by atoms with Crippen LogP contribution in [0.3, 0.4) is 0 Å². The first-order valence-electron chi connectivity index (χ1n) is 5.33. The van der Waals surface area contributed by atoms with E-state index in [9.17, 15) is 4.39 Å². The minimum atomic E-state index is -0.317. The molecule has 94 valence electrons. The summed E-state index contributed by atoms with van der Waals surface area (Å²) in [5.74, 6) is 0.145. The lowest BCUT2D eigenvalue weighted by atomic mass is 10.2. The molecular formula is C12H10Cl2FN3. The molecule has 1 aromatic carbocycles. The van der Waals surface area contributed by atoms with Crippen LogP contribution in [0.1, 0.15) is 6.92 Å². The Bertz CT molecular complexity index is 563. The van der Waals surface area contributed by atoms with E-state index in [0.29, 0.717) is 23.1 Å². The Labute approximate surface area is 114 Å². The van der Waals surface area contributed by atoms with Crippen LogP contribution in [0.25, 0.3) is 0 Å². The quantitative estimate of drug-likeness (QED) is 0.796. The minimum Gasteiger partial charge on any atom is -0.325 e. The fraction of sp³-hybridized carbons (Fsp3) is 0.167. The maximum atomic E-state index is 13.2. The van der Waals surface area contributed by atoms with Crippen LogP contribution in [0, 0.1) is 5.82 Å². The van der Waals surface area contributed by atoms with Crippen molar-refractivity contribution < 1.29 is 4.39 Å². The summed E-state index contributed by atoms with van der Waals surface area (Å²) in [4.78, 5) is 9.63. The molecule has 0 amide bonds. The zero-order chi connectivity index (χ0) is 13.1.